The molecule has 0 atom stereocenters. The maximum absolute atomic E-state index is 4.00. The molecule has 0 saturated heterocycles. The van der Waals surface area contributed by atoms with Gasteiger partial charge in [-0.1, -0.05) is 67.3 Å². The van der Waals surface area contributed by atoms with Gasteiger partial charge < -0.3 is 0 Å². The molecule has 2 aromatic carbocycles. The van der Waals surface area contributed by atoms with Crippen molar-refractivity contribution in [2.24, 2.45) is 0 Å². The third-order valence-corrected chi connectivity index (χ3v) is 2.46. The van der Waals surface area contributed by atoms with Gasteiger partial charge in [-0.15, -0.1) is 0 Å². The number of hydrogen-bond acceptors (Lipinski definition) is 0. The zero-order valence-corrected chi connectivity index (χ0v) is 8.69. The minimum atomic E-state index is 0.966. The van der Waals surface area contributed by atoms with Crippen molar-refractivity contribution in [3.05, 3.63) is 70.6 Å². The molecule has 0 N–H and O–H groups in total. The maximum atomic E-state index is 4.00. The second-order valence-corrected chi connectivity index (χ2v) is 3.59. The Morgan fingerprint density at radius 1 is 0.867 bits per heavy atom. The van der Waals surface area contributed by atoms with Crippen molar-refractivity contribution in [1.29, 1.82) is 0 Å². The Balaban J connectivity index is 2.27. The van der Waals surface area contributed by atoms with Gasteiger partial charge in [0.05, 0.1) is 0 Å². The smallest absolute Gasteiger partial charge is 0.00882 e. The van der Waals surface area contributed by atoms with Gasteiger partial charge in [0.15, 0.2) is 0 Å². The number of benzene rings is 2. The highest BCUT2D eigenvalue weighted by molar-refractivity contribution is 5.33. The minimum absolute atomic E-state index is 0.966. The first kappa shape index (κ1) is 9.72. The molecule has 0 fully saturated rings. The van der Waals surface area contributed by atoms with Crippen LogP contribution in [0, 0.1) is 0 Å². The van der Waals surface area contributed by atoms with Gasteiger partial charge in [0, 0.05) is 0 Å². The predicted octanol–water partition coefficient (Wildman–Crippen LogP) is 2.12. The van der Waals surface area contributed by atoms with E-state index in [1.165, 1.54) is 10.8 Å². The first-order chi connectivity index (χ1) is 7.36. The van der Waals surface area contributed by atoms with E-state index in [0.29, 0.717) is 0 Å². The van der Waals surface area contributed by atoms with Crippen molar-refractivity contribution in [2.75, 3.05) is 0 Å². The Bertz CT molecular complexity index is 523. The fourth-order valence-corrected chi connectivity index (χ4v) is 1.58. The molecule has 0 aliphatic rings. The van der Waals surface area contributed by atoms with Crippen LogP contribution in [0.3, 0.4) is 0 Å². The largest absolute Gasteiger partial charge is 0.0912 e. The van der Waals surface area contributed by atoms with Gasteiger partial charge in [-0.2, -0.15) is 0 Å². The molecule has 0 nitrogen and oxygen atoms in total. The van der Waals surface area contributed by atoms with E-state index in [1.807, 2.05) is 24.3 Å². The molecular weight excluding hydrogens is 180 g/mol. The fourth-order valence-electron chi connectivity index (χ4n) is 1.58. The molecule has 0 unspecified atom stereocenters. The average molecular weight is 194 g/mol. The topological polar surface area (TPSA) is 0 Å². The lowest BCUT2D eigenvalue weighted by atomic mass is 10.1. The van der Waals surface area contributed by atoms with Gasteiger partial charge in [-0.3, -0.25) is 0 Å². The van der Waals surface area contributed by atoms with Crippen LogP contribution in [-0.4, -0.2) is 0 Å². The van der Waals surface area contributed by atoms with Gasteiger partial charge in [0.2, 0.25) is 0 Å². The fraction of sp³-hybridized carbons (Fsp3) is 0.0667. The normalized spacial score (nSPS) is 11.6. The Morgan fingerprint density at radius 3 is 2.27 bits per heavy atom. The molecule has 2 rings (SSSR count). The van der Waals surface area contributed by atoms with Gasteiger partial charge >= 0.3 is 0 Å². The molecule has 0 bridgehead atoms. The Kier molecular flexibility index (Phi) is 2.99. The van der Waals surface area contributed by atoms with E-state index in [9.17, 15) is 0 Å². The summed E-state index contributed by atoms with van der Waals surface area (Å²) >= 11 is 0. The van der Waals surface area contributed by atoms with Gasteiger partial charge in [0.1, 0.15) is 0 Å². The lowest BCUT2D eigenvalue weighted by molar-refractivity contribution is 1.32. The number of rotatable bonds is 2. The minimum Gasteiger partial charge on any atom is -0.0912 e. The molecule has 0 aromatic heterocycles. The number of hydrogen-bond donors (Lipinski definition) is 0. The summed E-state index contributed by atoms with van der Waals surface area (Å²) < 4.78 is 0. The highest BCUT2D eigenvalue weighted by Crippen LogP contribution is 1.99. The summed E-state index contributed by atoms with van der Waals surface area (Å²) in [4.78, 5) is 0. The van der Waals surface area contributed by atoms with Crippen molar-refractivity contribution >= 4 is 12.7 Å². The molecule has 0 spiro atoms. The Hall–Kier alpha value is -1.82. The Morgan fingerprint density at radius 2 is 1.53 bits per heavy atom. The van der Waals surface area contributed by atoms with Crippen molar-refractivity contribution in [3.63, 3.8) is 0 Å². The second-order valence-electron chi connectivity index (χ2n) is 3.59. The highest BCUT2D eigenvalue weighted by atomic mass is 13.9. The van der Waals surface area contributed by atoms with Crippen molar-refractivity contribution in [3.8, 4) is 0 Å². The third kappa shape index (κ3) is 2.57. The summed E-state index contributed by atoms with van der Waals surface area (Å²) in [6.45, 7) is 4.00. The van der Waals surface area contributed by atoms with Crippen molar-refractivity contribution in [2.45, 2.75) is 6.42 Å². The van der Waals surface area contributed by atoms with E-state index in [0.717, 1.165) is 11.6 Å². The first-order valence-corrected chi connectivity index (χ1v) is 5.14. The molecule has 0 amide bonds. The summed E-state index contributed by atoms with van der Waals surface area (Å²) in [6.07, 6.45) is 3.19. The molecule has 0 radical (unpaired) electrons. The first-order valence-electron chi connectivity index (χ1n) is 5.14. The molecule has 0 aliphatic carbocycles. The zero-order valence-electron chi connectivity index (χ0n) is 8.69. The summed E-state index contributed by atoms with van der Waals surface area (Å²) in [5.41, 5.74) is 1.33. The van der Waals surface area contributed by atoms with Crippen LogP contribution in [0.25, 0.3) is 12.7 Å². The molecule has 2 aromatic rings. The zero-order chi connectivity index (χ0) is 10.5. The Labute approximate surface area is 90.2 Å². The van der Waals surface area contributed by atoms with Crippen LogP contribution in [0.5, 0.6) is 0 Å². The molecule has 0 aliphatic heterocycles. The van der Waals surface area contributed by atoms with E-state index >= 15 is 0 Å². The highest BCUT2D eigenvalue weighted by Gasteiger charge is 1.86. The maximum Gasteiger partial charge on any atom is -0.00882 e. The van der Waals surface area contributed by atoms with Gasteiger partial charge in [-0.05, 0) is 22.4 Å². The summed E-state index contributed by atoms with van der Waals surface area (Å²) in [7, 11) is 0. The third-order valence-electron chi connectivity index (χ3n) is 2.46. The molecular formula is C15H14. The van der Waals surface area contributed by atoms with Crippen LogP contribution in [0.2, 0.25) is 0 Å². The van der Waals surface area contributed by atoms with E-state index in [4.69, 9.17) is 0 Å². The second kappa shape index (κ2) is 4.61. The summed E-state index contributed by atoms with van der Waals surface area (Å²) in [6, 6.07) is 18.7. The van der Waals surface area contributed by atoms with E-state index in [1.54, 1.807) is 0 Å². The van der Waals surface area contributed by atoms with Crippen LogP contribution in [-0.2, 0) is 6.42 Å². The average Bonchev–Trinajstić information content (AvgIpc) is 2.29. The molecule has 0 heteroatoms. The summed E-state index contributed by atoms with van der Waals surface area (Å²) in [5.74, 6) is 0. The van der Waals surface area contributed by atoms with Crippen LogP contribution in [0.1, 0.15) is 5.56 Å². The quantitative estimate of drug-likeness (QED) is 0.687. The SMILES string of the molecule is C=c1cccc/c1=C/Cc1ccccc1. The lowest BCUT2D eigenvalue weighted by Crippen LogP contribution is -2.21. The van der Waals surface area contributed by atoms with Crippen molar-refractivity contribution < 1.29 is 0 Å². The van der Waals surface area contributed by atoms with Gasteiger partial charge in [0.25, 0.3) is 0 Å². The van der Waals surface area contributed by atoms with Crippen LogP contribution in [0.15, 0.2) is 54.6 Å². The standard InChI is InChI=1S/C15H14/c1-13-7-5-6-10-15(13)12-11-14-8-3-2-4-9-14/h2-10,12H,1,11H2/b15-12-. The van der Waals surface area contributed by atoms with Gasteiger partial charge in [-0.25, -0.2) is 0 Å². The van der Waals surface area contributed by atoms with E-state index in [-0.39, 0.29) is 0 Å². The van der Waals surface area contributed by atoms with E-state index in [2.05, 4.69) is 43.0 Å². The summed E-state index contributed by atoms with van der Waals surface area (Å²) in [5, 5.41) is 2.31. The molecule has 0 heterocycles. The monoisotopic (exact) mass is 194 g/mol. The van der Waals surface area contributed by atoms with Crippen LogP contribution in [0.4, 0.5) is 0 Å². The van der Waals surface area contributed by atoms with Crippen LogP contribution < -0.4 is 10.4 Å². The molecule has 0 saturated carbocycles. The lowest BCUT2D eigenvalue weighted by Gasteiger charge is -1.94. The van der Waals surface area contributed by atoms with E-state index < -0.39 is 0 Å². The van der Waals surface area contributed by atoms with Crippen LogP contribution >= 0.6 is 0 Å². The molecule has 74 valence electrons. The van der Waals surface area contributed by atoms with Crippen molar-refractivity contribution in [1.82, 2.24) is 0 Å². The predicted molar refractivity (Wildman–Crippen MR) is 65.8 cm³/mol. The molecule has 15 heavy (non-hydrogen) atoms.